The van der Waals surface area contributed by atoms with Crippen molar-refractivity contribution < 1.29 is 14.3 Å². The molecule has 0 saturated carbocycles. The first-order valence-electron chi connectivity index (χ1n) is 11.8. The quantitative estimate of drug-likeness (QED) is 0.336. The molecule has 35 heavy (non-hydrogen) atoms. The molecule has 176 valence electrons. The summed E-state index contributed by atoms with van der Waals surface area (Å²) >= 11 is 0. The van der Waals surface area contributed by atoms with Crippen molar-refractivity contribution in [3.05, 3.63) is 95.3 Å². The molecule has 6 heteroatoms. The second kappa shape index (κ2) is 8.55. The predicted octanol–water partition coefficient (Wildman–Crippen LogP) is 6.16. The summed E-state index contributed by atoms with van der Waals surface area (Å²) in [4.78, 5) is 17.2. The van der Waals surface area contributed by atoms with Gasteiger partial charge in [-0.05, 0) is 48.2 Å². The topological polar surface area (TPSA) is 75.4 Å². The second-order valence-corrected chi connectivity index (χ2v) is 9.07. The fourth-order valence-corrected chi connectivity index (χ4v) is 5.40. The molecule has 0 radical (unpaired) electrons. The van der Waals surface area contributed by atoms with Crippen LogP contribution in [0, 0.1) is 0 Å². The van der Waals surface area contributed by atoms with Crippen LogP contribution >= 0.6 is 0 Å². The highest BCUT2D eigenvalue weighted by Crippen LogP contribution is 2.46. The van der Waals surface area contributed by atoms with E-state index < -0.39 is 0 Å². The van der Waals surface area contributed by atoms with Gasteiger partial charge in [-0.1, -0.05) is 36.4 Å². The maximum absolute atomic E-state index is 13.8. The number of methoxy groups -OCH3 is 2. The van der Waals surface area contributed by atoms with Gasteiger partial charge in [-0.3, -0.25) is 4.79 Å². The summed E-state index contributed by atoms with van der Waals surface area (Å²) in [6.45, 7) is 0. The molecule has 1 aliphatic heterocycles. The normalized spacial score (nSPS) is 19.3. The van der Waals surface area contributed by atoms with Gasteiger partial charge in [0.1, 0.15) is 0 Å². The van der Waals surface area contributed by atoms with Gasteiger partial charge in [0.15, 0.2) is 17.3 Å². The third-order valence-corrected chi connectivity index (χ3v) is 7.12. The molecule has 6 rings (SSSR count). The largest absolute Gasteiger partial charge is 0.493 e. The standard InChI is InChI=1S/C29H27N3O3/c1-34-26-12-11-17(15-27(26)35-2)18-13-24-28(25(33)14-18)29(32-23-10-6-5-9-22(23)31-24)20-16-30-21-8-4-3-7-19(20)21/h3-12,15-16,18,29-32H,13-14H2,1-2H3/t18-,29-/m1/s1. The second-order valence-electron chi connectivity index (χ2n) is 9.07. The number of nitrogens with one attached hydrogen (secondary N) is 3. The Hall–Kier alpha value is -4.19. The smallest absolute Gasteiger partial charge is 0.163 e. The molecule has 4 aromatic rings. The van der Waals surface area contributed by atoms with Gasteiger partial charge in [0.25, 0.3) is 0 Å². The van der Waals surface area contributed by atoms with Gasteiger partial charge >= 0.3 is 0 Å². The van der Waals surface area contributed by atoms with Crippen molar-refractivity contribution in [3.63, 3.8) is 0 Å². The highest BCUT2D eigenvalue weighted by atomic mass is 16.5. The number of para-hydroxylation sites is 3. The summed E-state index contributed by atoms with van der Waals surface area (Å²) in [5, 5.41) is 8.40. The SMILES string of the molecule is COc1ccc([C@H]2CC(=O)C3=C(C2)Nc2ccccc2N[C@@H]3c2c[nH]c3ccccc23)cc1OC. The minimum absolute atomic E-state index is 0.0439. The summed E-state index contributed by atoms with van der Waals surface area (Å²) in [5.41, 5.74) is 6.93. The number of fused-ring (bicyclic) bond motifs is 2. The van der Waals surface area contributed by atoms with Crippen molar-refractivity contribution in [2.45, 2.75) is 24.8 Å². The van der Waals surface area contributed by atoms with Gasteiger partial charge in [0.2, 0.25) is 0 Å². The molecule has 6 nitrogen and oxygen atoms in total. The molecule has 2 atom stereocenters. The molecule has 3 N–H and O–H groups in total. The first-order valence-corrected chi connectivity index (χ1v) is 11.8. The van der Waals surface area contributed by atoms with Crippen molar-refractivity contribution in [1.82, 2.24) is 4.98 Å². The lowest BCUT2D eigenvalue weighted by Crippen LogP contribution is -2.26. The molecule has 0 unspecified atom stereocenters. The number of carbonyl (C=O) groups excluding carboxylic acids is 1. The van der Waals surface area contributed by atoms with E-state index in [1.807, 2.05) is 48.7 Å². The van der Waals surface area contributed by atoms with Crippen molar-refractivity contribution >= 4 is 28.1 Å². The van der Waals surface area contributed by atoms with Gasteiger partial charge in [-0.25, -0.2) is 0 Å². The predicted molar refractivity (Wildman–Crippen MR) is 138 cm³/mol. The summed E-state index contributed by atoms with van der Waals surface area (Å²) in [7, 11) is 3.26. The number of hydrogen-bond acceptors (Lipinski definition) is 5. The summed E-state index contributed by atoms with van der Waals surface area (Å²) in [5.74, 6) is 1.55. The zero-order valence-corrected chi connectivity index (χ0v) is 19.7. The van der Waals surface area contributed by atoms with Crippen LogP contribution in [0.15, 0.2) is 84.2 Å². The van der Waals surface area contributed by atoms with Gasteiger partial charge in [-0.2, -0.15) is 0 Å². The van der Waals surface area contributed by atoms with Crippen LogP contribution in [0.2, 0.25) is 0 Å². The maximum Gasteiger partial charge on any atom is 0.163 e. The van der Waals surface area contributed by atoms with Crippen molar-refractivity contribution in [3.8, 4) is 11.5 Å². The van der Waals surface area contributed by atoms with Crippen LogP contribution < -0.4 is 20.1 Å². The number of aromatic amines is 1. The summed E-state index contributed by atoms with van der Waals surface area (Å²) in [6.07, 6.45) is 3.19. The Bertz CT molecular complexity index is 1470. The summed E-state index contributed by atoms with van der Waals surface area (Å²) in [6, 6.07) is 22.0. The number of ether oxygens (including phenoxy) is 2. The number of ketones is 1. The van der Waals surface area contributed by atoms with E-state index in [9.17, 15) is 4.79 Å². The van der Waals surface area contributed by atoms with E-state index in [2.05, 4.69) is 39.9 Å². The van der Waals surface area contributed by atoms with Gasteiger partial charge < -0.3 is 25.1 Å². The van der Waals surface area contributed by atoms with Crippen LogP contribution in [0.25, 0.3) is 10.9 Å². The molecular weight excluding hydrogens is 438 g/mol. The molecule has 2 aliphatic rings. The van der Waals surface area contributed by atoms with E-state index in [1.165, 1.54) is 0 Å². The Labute approximate surface area is 204 Å². The molecule has 1 aromatic heterocycles. The van der Waals surface area contributed by atoms with E-state index in [-0.39, 0.29) is 17.7 Å². The fraction of sp³-hybridized carbons (Fsp3) is 0.207. The van der Waals surface area contributed by atoms with Crippen LogP contribution in [0.3, 0.4) is 0 Å². The number of carbonyl (C=O) groups is 1. The zero-order valence-electron chi connectivity index (χ0n) is 19.7. The minimum Gasteiger partial charge on any atom is -0.493 e. The van der Waals surface area contributed by atoms with Gasteiger partial charge in [-0.15, -0.1) is 0 Å². The molecule has 3 aromatic carbocycles. The molecule has 1 aliphatic carbocycles. The zero-order chi connectivity index (χ0) is 23.9. The maximum atomic E-state index is 13.8. The fourth-order valence-electron chi connectivity index (χ4n) is 5.40. The lowest BCUT2D eigenvalue weighted by atomic mass is 9.78. The highest BCUT2D eigenvalue weighted by molar-refractivity contribution is 6.02. The number of Topliss-reactive ketones (excluding diaryl/α,β-unsaturated/α-hetero) is 1. The minimum atomic E-state index is -0.254. The molecule has 0 amide bonds. The molecule has 0 fully saturated rings. The summed E-state index contributed by atoms with van der Waals surface area (Å²) < 4.78 is 10.9. The molecule has 0 bridgehead atoms. The Morgan fingerprint density at radius 3 is 2.46 bits per heavy atom. The highest BCUT2D eigenvalue weighted by Gasteiger charge is 2.37. The lowest BCUT2D eigenvalue weighted by molar-refractivity contribution is -0.116. The van der Waals surface area contributed by atoms with Crippen LogP contribution in [0.4, 0.5) is 11.4 Å². The van der Waals surface area contributed by atoms with Gasteiger partial charge in [0, 0.05) is 40.4 Å². The van der Waals surface area contributed by atoms with E-state index in [0.717, 1.165) is 51.1 Å². The molecule has 2 heterocycles. The Balaban J connectivity index is 1.46. The van der Waals surface area contributed by atoms with Crippen LogP contribution in [0.5, 0.6) is 11.5 Å². The number of hydrogen-bond donors (Lipinski definition) is 3. The van der Waals surface area contributed by atoms with Gasteiger partial charge in [0.05, 0.1) is 31.6 Å². The first kappa shape index (κ1) is 21.4. The molecule has 0 spiro atoms. The van der Waals surface area contributed by atoms with E-state index in [1.54, 1.807) is 14.2 Å². The number of benzene rings is 3. The van der Waals surface area contributed by atoms with E-state index >= 15 is 0 Å². The Morgan fingerprint density at radius 1 is 0.857 bits per heavy atom. The van der Waals surface area contributed by atoms with Crippen molar-refractivity contribution in [2.75, 3.05) is 24.9 Å². The van der Waals surface area contributed by atoms with Crippen LogP contribution in [0.1, 0.15) is 35.9 Å². The monoisotopic (exact) mass is 465 g/mol. The molecular formula is C29H27N3O3. The van der Waals surface area contributed by atoms with Crippen LogP contribution in [-0.4, -0.2) is 25.0 Å². The van der Waals surface area contributed by atoms with Crippen molar-refractivity contribution in [1.29, 1.82) is 0 Å². The number of H-pyrrole nitrogens is 1. The Morgan fingerprint density at radius 2 is 1.63 bits per heavy atom. The van der Waals surface area contributed by atoms with E-state index in [0.29, 0.717) is 17.9 Å². The average molecular weight is 466 g/mol. The van der Waals surface area contributed by atoms with Crippen molar-refractivity contribution in [2.24, 2.45) is 0 Å². The Kier molecular flexibility index (Phi) is 5.21. The van der Waals surface area contributed by atoms with Crippen LogP contribution in [-0.2, 0) is 4.79 Å². The number of allylic oxidation sites excluding steroid dienone is 1. The third-order valence-electron chi connectivity index (χ3n) is 7.12. The number of rotatable bonds is 4. The lowest BCUT2D eigenvalue weighted by Gasteiger charge is -2.30. The third kappa shape index (κ3) is 3.62. The van der Waals surface area contributed by atoms with E-state index in [4.69, 9.17) is 9.47 Å². The average Bonchev–Trinajstić information content (AvgIpc) is 3.24. The molecule has 0 saturated heterocycles. The number of aromatic nitrogens is 1. The first-order chi connectivity index (χ1) is 17.2. The number of anilines is 2.